The summed E-state index contributed by atoms with van der Waals surface area (Å²) in [4.78, 5) is 25.7. The normalized spacial score (nSPS) is 14.8. The number of carbonyl (C=O) groups is 1. The van der Waals surface area contributed by atoms with Crippen molar-refractivity contribution in [3.63, 3.8) is 0 Å². The van der Waals surface area contributed by atoms with E-state index >= 15 is 0 Å². The second-order valence-corrected chi connectivity index (χ2v) is 8.87. The van der Waals surface area contributed by atoms with Gasteiger partial charge in [-0.25, -0.2) is 0 Å². The van der Waals surface area contributed by atoms with Gasteiger partial charge in [-0.05, 0) is 71.6 Å². The molecular formula is C24H31BrN2O2. The lowest BCUT2D eigenvalue weighted by Gasteiger charge is -2.24. The molecule has 0 spiro atoms. The van der Waals surface area contributed by atoms with Crippen LogP contribution in [0.3, 0.4) is 0 Å². The fraction of sp³-hybridized carbons (Fsp3) is 0.500. The molecule has 4 nitrogen and oxygen atoms in total. The third-order valence-electron chi connectivity index (χ3n) is 6.12. The first-order chi connectivity index (χ1) is 14.0. The Morgan fingerprint density at radius 3 is 2.55 bits per heavy atom. The fourth-order valence-electron chi connectivity index (χ4n) is 4.55. The van der Waals surface area contributed by atoms with Crippen LogP contribution >= 0.6 is 15.9 Å². The van der Waals surface area contributed by atoms with E-state index in [1.807, 2.05) is 26.8 Å². The van der Waals surface area contributed by atoms with Crippen molar-refractivity contribution in [1.29, 1.82) is 0 Å². The first-order valence-corrected chi connectivity index (χ1v) is 11.5. The van der Waals surface area contributed by atoms with E-state index in [1.165, 1.54) is 43.2 Å². The number of carbonyl (C=O) groups excluding carboxylic acids is 1. The number of rotatable bonds is 6. The molecule has 1 aliphatic carbocycles. The van der Waals surface area contributed by atoms with Gasteiger partial charge in [-0.1, -0.05) is 50.5 Å². The van der Waals surface area contributed by atoms with E-state index in [2.05, 4.69) is 39.4 Å². The Kier molecular flexibility index (Phi) is 7.33. The van der Waals surface area contributed by atoms with Gasteiger partial charge in [-0.15, -0.1) is 0 Å². The van der Waals surface area contributed by atoms with Crippen LogP contribution in [-0.2, 0) is 13.1 Å². The van der Waals surface area contributed by atoms with E-state index in [0.717, 1.165) is 12.1 Å². The number of amides is 1. The van der Waals surface area contributed by atoms with Crippen LogP contribution in [0.25, 0.3) is 0 Å². The van der Waals surface area contributed by atoms with Crippen molar-refractivity contribution >= 4 is 21.8 Å². The highest BCUT2D eigenvalue weighted by molar-refractivity contribution is 9.10. The SMILES string of the molecule is CCCn1c(C)c(C(=O)NCc2ccccc2C2CCCCC2)c(C)c(Br)c1=O. The molecule has 1 amide bonds. The number of benzene rings is 1. The molecule has 0 radical (unpaired) electrons. The number of aromatic nitrogens is 1. The van der Waals surface area contributed by atoms with Crippen LogP contribution in [0.2, 0.25) is 0 Å². The first-order valence-electron chi connectivity index (χ1n) is 10.7. The quantitative estimate of drug-likeness (QED) is 0.610. The lowest BCUT2D eigenvalue weighted by molar-refractivity contribution is 0.0948. The number of pyridine rings is 1. The molecule has 1 heterocycles. The average molecular weight is 459 g/mol. The zero-order valence-corrected chi connectivity index (χ0v) is 19.3. The molecule has 0 aliphatic heterocycles. The number of nitrogens with one attached hydrogen (secondary N) is 1. The summed E-state index contributed by atoms with van der Waals surface area (Å²) < 4.78 is 2.17. The Morgan fingerprint density at radius 2 is 1.86 bits per heavy atom. The molecule has 0 saturated heterocycles. The van der Waals surface area contributed by atoms with Crippen LogP contribution in [0.1, 0.15) is 84.1 Å². The zero-order chi connectivity index (χ0) is 21.0. The Bertz CT molecular complexity index is 943. The molecule has 156 valence electrons. The van der Waals surface area contributed by atoms with E-state index in [1.54, 1.807) is 4.57 Å². The smallest absolute Gasteiger partial charge is 0.265 e. The molecule has 29 heavy (non-hydrogen) atoms. The summed E-state index contributed by atoms with van der Waals surface area (Å²) in [6.07, 6.45) is 7.21. The van der Waals surface area contributed by atoms with Gasteiger partial charge in [-0.3, -0.25) is 9.59 Å². The molecule has 1 aromatic carbocycles. The van der Waals surface area contributed by atoms with E-state index in [4.69, 9.17) is 0 Å². The second kappa shape index (κ2) is 9.75. The van der Waals surface area contributed by atoms with Gasteiger partial charge in [0.15, 0.2) is 0 Å². The second-order valence-electron chi connectivity index (χ2n) is 8.07. The molecule has 1 aliphatic rings. The predicted octanol–water partition coefficient (Wildman–Crippen LogP) is 5.62. The van der Waals surface area contributed by atoms with Crippen molar-refractivity contribution in [2.45, 2.75) is 78.3 Å². The Balaban J connectivity index is 1.85. The molecule has 2 aromatic rings. The predicted molar refractivity (Wildman–Crippen MR) is 122 cm³/mol. The molecule has 1 N–H and O–H groups in total. The van der Waals surface area contributed by atoms with Gasteiger partial charge < -0.3 is 9.88 Å². The number of nitrogens with zero attached hydrogens (tertiary/aromatic N) is 1. The third kappa shape index (κ3) is 4.66. The van der Waals surface area contributed by atoms with Crippen LogP contribution in [0, 0.1) is 13.8 Å². The highest BCUT2D eigenvalue weighted by Gasteiger charge is 2.22. The zero-order valence-electron chi connectivity index (χ0n) is 17.7. The number of hydrogen-bond acceptors (Lipinski definition) is 2. The Morgan fingerprint density at radius 1 is 1.17 bits per heavy atom. The Hall–Kier alpha value is -1.88. The molecule has 3 rings (SSSR count). The Labute approximate surface area is 181 Å². The maximum atomic E-state index is 13.1. The molecular weight excluding hydrogens is 428 g/mol. The van der Waals surface area contributed by atoms with E-state index in [9.17, 15) is 9.59 Å². The standard InChI is InChI=1S/C24H31BrN2O2/c1-4-14-27-17(3)21(16(2)22(25)24(27)29)23(28)26-15-19-12-8-9-13-20(19)18-10-6-5-7-11-18/h8-9,12-13,18H,4-7,10-11,14-15H2,1-3H3,(H,26,28). The lowest BCUT2D eigenvalue weighted by atomic mass is 9.82. The molecule has 1 fully saturated rings. The monoisotopic (exact) mass is 458 g/mol. The third-order valence-corrected chi connectivity index (χ3v) is 7.05. The summed E-state index contributed by atoms with van der Waals surface area (Å²) in [7, 11) is 0. The van der Waals surface area contributed by atoms with Crippen molar-refractivity contribution in [3.05, 3.63) is 67.0 Å². The summed E-state index contributed by atoms with van der Waals surface area (Å²) in [5, 5.41) is 3.12. The van der Waals surface area contributed by atoms with Gasteiger partial charge in [0.2, 0.25) is 0 Å². The van der Waals surface area contributed by atoms with Crippen molar-refractivity contribution in [1.82, 2.24) is 9.88 Å². The summed E-state index contributed by atoms with van der Waals surface area (Å²) in [6, 6.07) is 8.48. The minimum absolute atomic E-state index is 0.0685. The van der Waals surface area contributed by atoms with Crippen molar-refractivity contribution in [3.8, 4) is 0 Å². The van der Waals surface area contributed by atoms with Gasteiger partial charge in [0.25, 0.3) is 11.5 Å². The summed E-state index contributed by atoms with van der Waals surface area (Å²) in [5.41, 5.74) is 4.54. The summed E-state index contributed by atoms with van der Waals surface area (Å²) in [6.45, 7) is 6.84. The van der Waals surface area contributed by atoms with Crippen LogP contribution in [0.4, 0.5) is 0 Å². The highest BCUT2D eigenvalue weighted by Crippen LogP contribution is 2.34. The molecule has 0 unspecified atom stereocenters. The van der Waals surface area contributed by atoms with Crippen molar-refractivity contribution < 1.29 is 4.79 Å². The van der Waals surface area contributed by atoms with Gasteiger partial charge >= 0.3 is 0 Å². The van der Waals surface area contributed by atoms with E-state index < -0.39 is 0 Å². The minimum atomic E-state index is -0.121. The fourth-order valence-corrected chi connectivity index (χ4v) is 4.96. The maximum Gasteiger partial charge on any atom is 0.265 e. The van der Waals surface area contributed by atoms with Gasteiger partial charge in [0.1, 0.15) is 0 Å². The van der Waals surface area contributed by atoms with Crippen LogP contribution < -0.4 is 10.9 Å². The highest BCUT2D eigenvalue weighted by atomic mass is 79.9. The molecule has 5 heteroatoms. The van der Waals surface area contributed by atoms with Gasteiger partial charge in [0, 0.05) is 18.8 Å². The number of hydrogen-bond donors (Lipinski definition) is 1. The van der Waals surface area contributed by atoms with Crippen molar-refractivity contribution in [2.24, 2.45) is 0 Å². The molecule has 0 atom stereocenters. The molecule has 1 aromatic heterocycles. The van der Waals surface area contributed by atoms with E-state index in [-0.39, 0.29) is 11.5 Å². The van der Waals surface area contributed by atoms with Gasteiger partial charge in [-0.2, -0.15) is 0 Å². The first kappa shape index (κ1) is 21.8. The lowest BCUT2D eigenvalue weighted by Crippen LogP contribution is -2.31. The van der Waals surface area contributed by atoms with Crippen molar-refractivity contribution in [2.75, 3.05) is 0 Å². The van der Waals surface area contributed by atoms with Crippen LogP contribution in [-0.4, -0.2) is 10.5 Å². The molecule has 1 saturated carbocycles. The largest absolute Gasteiger partial charge is 0.348 e. The van der Waals surface area contributed by atoms with Crippen LogP contribution in [0.15, 0.2) is 33.5 Å². The summed E-state index contributed by atoms with van der Waals surface area (Å²) in [5.74, 6) is 0.477. The van der Waals surface area contributed by atoms with Crippen LogP contribution in [0.5, 0.6) is 0 Å². The molecule has 0 bridgehead atoms. The minimum Gasteiger partial charge on any atom is -0.348 e. The van der Waals surface area contributed by atoms with Gasteiger partial charge in [0.05, 0.1) is 10.0 Å². The average Bonchev–Trinajstić information content (AvgIpc) is 2.75. The maximum absolute atomic E-state index is 13.1. The van der Waals surface area contributed by atoms with E-state index in [0.29, 0.717) is 34.6 Å². The summed E-state index contributed by atoms with van der Waals surface area (Å²) >= 11 is 3.40. The number of halogens is 1. The topological polar surface area (TPSA) is 51.1 Å².